The highest BCUT2D eigenvalue weighted by Gasteiger charge is 2.28. The molecule has 1 aromatic heterocycles. The van der Waals surface area contributed by atoms with Gasteiger partial charge in [0, 0.05) is 5.56 Å². The number of nitrogens with zero attached hydrogens (tertiary/aromatic N) is 2. The van der Waals surface area contributed by atoms with Crippen molar-refractivity contribution in [2.75, 3.05) is 18.9 Å². The van der Waals surface area contributed by atoms with Gasteiger partial charge in [-0.05, 0) is 6.07 Å². The quantitative estimate of drug-likeness (QED) is 0.721. The van der Waals surface area contributed by atoms with Gasteiger partial charge in [-0.2, -0.15) is 18.7 Å². The molecule has 2 N–H and O–H groups in total. The molecule has 8 nitrogen and oxygen atoms in total. The van der Waals surface area contributed by atoms with Crippen LogP contribution in [0.25, 0.3) is 0 Å². The average Bonchev–Trinajstić information content (AvgIpc) is 2.62. The van der Waals surface area contributed by atoms with Crippen molar-refractivity contribution in [3.05, 3.63) is 40.7 Å². The Balaban J connectivity index is 2.54. The van der Waals surface area contributed by atoms with Crippen LogP contribution in [0, 0.1) is 0 Å². The van der Waals surface area contributed by atoms with Gasteiger partial charge in [-0.25, -0.2) is 8.42 Å². The van der Waals surface area contributed by atoms with E-state index in [0.29, 0.717) is 0 Å². The fraction of sp³-hybridized carbons (Fsp3) is 0.286. The number of methoxy groups -OCH3 is 2. The molecule has 0 fully saturated rings. The Morgan fingerprint density at radius 2 is 1.77 bits per heavy atom. The number of hydrogen-bond acceptors (Lipinski definition) is 7. The molecule has 0 radical (unpaired) electrons. The molecular weight excluding hydrogens is 396 g/mol. The maximum atomic E-state index is 12.7. The van der Waals surface area contributed by atoms with E-state index in [1.807, 2.05) is 0 Å². The third-order valence-corrected chi connectivity index (χ3v) is 4.45. The van der Waals surface area contributed by atoms with Gasteiger partial charge >= 0.3 is 5.76 Å². The molecule has 12 heteroatoms. The first-order valence-electron chi connectivity index (χ1n) is 6.92. The van der Waals surface area contributed by atoms with E-state index in [-0.39, 0.29) is 28.2 Å². The first-order chi connectivity index (χ1) is 12.2. The second-order valence-electron chi connectivity index (χ2n) is 4.83. The summed E-state index contributed by atoms with van der Waals surface area (Å²) in [4.78, 5) is 7.89. The van der Waals surface area contributed by atoms with Crippen molar-refractivity contribution in [3.63, 3.8) is 0 Å². The molecule has 0 bridgehead atoms. The standard InChI is InChI=1S/C14H14ClF2N3O5S/c1-24-9-6-10(25-2)19-13(18-9)12(21)7-4-3-5-8(15)11(7)20-26(22,23)14(16)17/h3-6,12,14,20-21H,1-2H3. The summed E-state index contributed by atoms with van der Waals surface area (Å²) in [7, 11) is -2.34. The summed E-state index contributed by atoms with van der Waals surface area (Å²) in [6, 6.07) is 5.32. The molecule has 2 aromatic rings. The molecule has 26 heavy (non-hydrogen) atoms. The minimum atomic E-state index is -5.01. The molecule has 0 spiro atoms. The minimum absolute atomic E-state index is 0.0719. The number of para-hydroxylation sites is 1. The lowest BCUT2D eigenvalue weighted by molar-refractivity contribution is 0.206. The van der Waals surface area contributed by atoms with Gasteiger partial charge in [-0.3, -0.25) is 4.72 Å². The number of nitrogens with one attached hydrogen (secondary N) is 1. The summed E-state index contributed by atoms with van der Waals surface area (Å²) < 4.78 is 59.9. The van der Waals surface area contributed by atoms with Crippen LogP contribution in [-0.4, -0.2) is 43.5 Å². The molecule has 142 valence electrons. The van der Waals surface area contributed by atoms with Crippen LogP contribution in [0.2, 0.25) is 5.02 Å². The molecule has 1 unspecified atom stereocenters. The van der Waals surface area contributed by atoms with Crippen molar-refractivity contribution >= 4 is 27.3 Å². The van der Waals surface area contributed by atoms with Crippen LogP contribution in [0.15, 0.2) is 24.3 Å². The highest BCUT2D eigenvalue weighted by atomic mass is 35.5. The number of sulfonamides is 1. The van der Waals surface area contributed by atoms with Crippen molar-refractivity contribution in [2.45, 2.75) is 11.9 Å². The molecule has 2 rings (SSSR count). The van der Waals surface area contributed by atoms with Crippen molar-refractivity contribution in [3.8, 4) is 11.8 Å². The van der Waals surface area contributed by atoms with Crippen LogP contribution in [0.5, 0.6) is 11.8 Å². The van der Waals surface area contributed by atoms with Gasteiger partial charge in [-0.15, -0.1) is 0 Å². The van der Waals surface area contributed by atoms with E-state index in [4.69, 9.17) is 21.1 Å². The summed E-state index contributed by atoms with van der Waals surface area (Å²) in [5.41, 5.74) is -0.538. The van der Waals surface area contributed by atoms with E-state index >= 15 is 0 Å². The number of aliphatic hydroxyl groups excluding tert-OH is 1. The van der Waals surface area contributed by atoms with Gasteiger partial charge in [0.1, 0.15) is 6.10 Å². The Labute approximate surface area is 152 Å². The molecule has 0 aliphatic carbocycles. The highest BCUT2D eigenvalue weighted by molar-refractivity contribution is 7.93. The number of aliphatic hydroxyl groups is 1. The molecule has 0 aliphatic rings. The molecule has 1 heterocycles. The van der Waals surface area contributed by atoms with Crippen molar-refractivity contribution < 1.29 is 31.8 Å². The summed E-state index contributed by atoms with van der Waals surface area (Å²) in [6.07, 6.45) is -1.60. The number of alkyl halides is 2. The van der Waals surface area contributed by atoms with Gasteiger partial charge in [0.2, 0.25) is 11.8 Å². The zero-order chi connectivity index (χ0) is 19.5. The van der Waals surface area contributed by atoms with Gasteiger partial charge in [0.15, 0.2) is 5.82 Å². The largest absolute Gasteiger partial charge is 0.481 e. The smallest absolute Gasteiger partial charge is 0.355 e. The number of ether oxygens (including phenoxy) is 2. The van der Waals surface area contributed by atoms with Crippen LogP contribution in [-0.2, 0) is 10.0 Å². The Bertz CT molecular complexity index is 876. The summed E-state index contributed by atoms with van der Waals surface area (Å²) in [5, 5.41) is 10.4. The first kappa shape index (κ1) is 20.1. The van der Waals surface area contributed by atoms with E-state index in [0.717, 1.165) is 0 Å². The molecule has 0 saturated heterocycles. The third kappa shape index (κ3) is 4.29. The van der Waals surface area contributed by atoms with Gasteiger partial charge in [-0.1, -0.05) is 23.7 Å². The second kappa shape index (κ2) is 7.98. The van der Waals surface area contributed by atoms with Gasteiger partial charge in [0.25, 0.3) is 10.0 Å². The number of benzene rings is 1. The second-order valence-corrected chi connectivity index (χ2v) is 6.88. The van der Waals surface area contributed by atoms with E-state index in [9.17, 15) is 22.3 Å². The SMILES string of the molecule is COc1cc(OC)nc(C(O)c2cccc(Cl)c2NS(=O)(=O)C(F)F)n1. The Morgan fingerprint density at radius 1 is 1.19 bits per heavy atom. The zero-order valence-electron chi connectivity index (χ0n) is 13.5. The predicted molar refractivity (Wildman–Crippen MR) is 89.2 cm³/mol. The van der Waals surface area contributed by atoms with Crippen LogP contribution < -0.4 is 14.2 Å². The maximum Gasteiger partial charge on any atom is 0.355 e. The molecule has 1 atom stereocenters. The third-order valence-electron chi connectivity index (χ3n) is 3.18. The maximum absolute atomic E-state index is 12.7. The van der Waals surface area contributed by atoms with Crippen LogP contribution in [0.1, 0.15) is 17.5 Å². The van der Waals surface area contributed by atoms with Crippen molar-refractivity contribution in [1.29, 1.82) is 0 Å². The number of halogens is 3. The number of aromatic nitrogens is 2. The number of hydrogen-bond donors (Lipinski definition) is 2. The molecule has 1 aromatic carbocycles. The van der Waals surface area contributed by atoms with Crippen LogP contribution in [0.4, 0.5) is 14.5 Å². The normalized spacial score (nSPS) is 12.7. The topological polar surface area (TPSA) is 111 Å². The summed E-state index contributed by atoms with van der Waals surface area (Å²) in [6.45, 7) is 0. The lowest BCUT2D eigenvalue weighted by atomic mass is 10.1. The number of rotatable bonds is 7. The first-order valence-corrected chi connectivity index (χ1v) is 8.85. The fourth-order valence-corrected chi connectivity index (χ4v) is 2.84. The fourth-order valence-electron chi connectivity index (χ4n) is 1.95. The molecule has 0 aliphatic heterocycles. The minimum Gasteiger partial charge on any atom is -0.481 e. The van der Waals surface area contributed by atoms with Crippen molar-refractivity contribution in [1.82, 2.24) is 9.97 Å². The van der Waals surface area contributed by atoms with E-state index in [1.54, 1.807) is 4.72 Å². The molecule has 0 amide bonds. The van der Waals surface area contributed by atoms with E-state index < -0.39 is 27.6 Å². The highest BCUT2D eigenvalue weighted by Crippen LogP contribution is 2.34. The molecular formula is C14H14ClF2N3O5S. The van der Waals surface area contributed by atoms with Crippen molar-refractivity contribution in [2.24, 2.45) is 0 Å². The molecule has 0 saturated carbocycles. The zero-order valence-corrected chi connectivity index (χ0v) is 15.1. The number of anilines is 1. The Kier molecular flexibility index (Phi) is 6.16. The van der Waals surface area contributed by atoms with Gasteiger partial charge in [0.05, 0.1) is 31.0 Å². The Morgan fingerprint density at radius 3 is 2.27 bits per heavy atom. The lowest BCUT2D eigenvalue weighted by Crippen LogP contribution is -2.22. The summed E-state index contributed by atoms with van der Waals surface area (Å²) >= 11 is 5.92. The monoisotopic (exact) mass is 409 g/mol. The predicted octanol–water partition coefficient (Wildman–Crippen LogP) is 2.19. The van der Waals surface area contributed by atoms with E-state index in [1.165, 1.54) is 38.5 Å². The lowest BCUT2D eigenvalue weighted by Gasteiger charge is -2.18. The van der Waals surface area contributed by atoms with Gasteiger partial charge < -0.3 is 14.6 Å². The summed E-state index contributed by atoms with van der Waals surface area (Å²) in [5.74, 6) is -3.75. The van der Waals surface area contributed by atoms with E-state index in [2.05, 4.69) is 9.97 Å². The van der Waals surface area contributed by atoms with Crippen LogP contribution in [0.3, 0.4) is 0 Å². The average molecular weight is 410 g/mol. The Hall–Kier alpha value is -2.24. The van der Waals surface area contributed by atoms with Crippen LogP contribution >= 0.6 is 11.6 Å².